The van der Waals surface area contributed by atoms with E-state index >= 15 is 0 Å². The first-order valence-corrected chi connectivity index (χ1v) is 7.99. The van der Waals surface area contributed by atoms with Crippen LogP contribution in [0.3, 0.4) is 0 Å². The Morgan fingerprint density at radius 2 is 1.91 bits per heavy atom. The molecular weight excluding hydrogens is 276 g/mol. The second kappa shape index (κ2) is 8.59. The van der Waals surface area contributed by atoms with Gasteiger partial charge in [0.1, 0.15) is 0 Å². The molecule has 120 valence electrons. The minimum absolute atomic E-state index is 0.119. The summed E-state index contributed by atoms with van der Waals surface area (Å²) >= 11 is 0. The molecule has 1 aromatic rings. The van der Waals surface area contributed by atoms with Crippen molar-refractivity contribution in [3.63, 3.8) is 0 Å². The number of carbonyl (C=O) groups excluding carboxylic acids is 1. The summed E-state index contributed by atoms with van der Waals surface area (Å²) in [5.41, 5.74) is 3.74. The summed E-state index contributed by atoms with van der Waals surface area (Å²) in [5, 5.41) is 5.85. The average molecular weight is 302 g/mol. The van der Waals surface area contributed by atoms with Crippen LogP contribution in [0.15, 0.2) is 35.9 Å². The number of benzene rings is 1. The Kier molecular flexibility index (Phi) is 6.46. The first-order chi connectivity index (χ1) is 10.6. The zero-order valence-electron chi connectivity index (χ0n) is 13.5. The fourth-order valence-electron chi connectivity index (χ4n) is 2.53. The van der Waals surface area contributed by atoms with Gasteiger partial charge in [-0.1, -0.05) is 49.8 Å². The van der Waals surface area contributed by atoms with E-state index in [2.05, 4.69) is 42.7 Å². The molecule has 2 amide bonds. The van der Waals surface area contributed by atoms with Gasteiger partial charge in [0.2, 0.25) is 0 Å². The number of carbonyl (C=O) groups is 1. The number of hydrogen-bond donors (Lipinski definition) is 2. The van der Waals surface area contributed by atoms with E-state index in [0.29, 0.717) is 25.6 Å². The smallest absolute Gasteiger partial charge is 0.315 e. The van der Waals surface area contributed by atoms with Gasteiger partial charge in [0.05, 0.1) is 13.2 Å². The molecule has 1 aromatic carbocycles. The van der Waals surface area contributed by atoms with Crippen LogP contribution in [0.5, 0.6) is 0 Å². The summed E-state index contributed by atoms with van der Waals surface area (Å²) in [6.07, 6.45) is 3.98. The van der Waals surface area contributed by atoms with Crippen LogP contribution in [-0.2, 0) is 17.7 Å². The third-order valence-electron chi connectivity index (χ3n) is 3.72. The summed E-state index contributed by atoms with van der Waals surface area (Å²) in [6, 6.07) is 8.18. The molecule has 0 saturated heterocycles. The van der Waals surface area contributed by atoms with Gasteiger partial charge in [0.15, 0.2) is 0 Å². The Morgan fingerprint density at radius 1 is 1.18 bits per heavy atom. The Balaban J connectivity index is 1.79. The molecule has 0 unspecified atom stereocenters. The van der Waals surface area contributed by atoms with Crippen LogP contribution < -0.4 is 10.6 Å². The van der Waals surface area contributed by atoms with Crippen LogP contribution in [-0.4, -0.2) is 25.8 Å². The predicted octanol–water partition coefficient (Wildman–Crippen LogP) is 3.03. The number of nitrogens with one attached hydrogen (secondary N) is 2. The van der Waals surface area contributed by atoms with Crippen molar-refractivity contribution in [2.45, 2.75) is 33.2 Å². The summed E-state index contributed by atoms with van der Waals surface area (Å²) in [6.45, 7) is 6.98. The van der Waals surface area contributed by atoms with Gasteiger partial charge in [-0.25, -0.2) is 4.79 Å². The monoisotopic (exact) mass is 302 g/mol. The van der Waals surface area contributed by atoms with Gasteiger partial charge < -0.3 is 15.4 Å². The molecule has 0 aliphatic carbocycles. The molecule has 0 atom stereocenters. The summed E-state index contributed by atoms with van der Waals surface area (Å²) in [4.78, 5) is 11.9. The molecule has 0 radical (unpaired) electrons. The van der Waals surface area contributed by atoms with Crippen LogP contribution >= 0.6 is 0 Å². The van der Waals surface area contributed by atoms with Crippen molar-refractivity contribution in [1.29, 1.82) is 0 Å². The maximum absolute atomic E-state index is 11.9. The van der Waals surface area contributed by atoms with E-state index in [0.717, 1.165) is 19.4 Å². The minimum Gasteiger partial charge on any atom is -0.377 e. The Hall–Kier alpha value is -1.81. The quantitative estimate of drug-likeness (QED) is 0.794. The average Bonchev–Trinajstić information content (AvgIpc) is 2.52. The lowest BCUT2D eigenvalue weighted by Gasteiger charge is -2.15. The molecule has 4 heteroatoms. The molecule has 2 N–H and O–H groups in total. The number of rotatable bonds is 6. The van der Waals surface area contributed by atoms with Crippen molar-refractivity contribution in [2.75, 3.05) is 19.8 Å². The molecule has 0 aromatic heterocycles. The maximum Gasteiger partial charge on any atom is 0.315 e. The first-order valence-electron chi connectivity index (χ1n) is 7.99. The van der Waals surface area contributed by atoms with Crippen LogP contribution in [0.4, 0.5) is 4.79 Å². The second-order valence-electron chi connectivity index (χ2n) is 6.09. The lowest BCUT2D eigenvalue weighted by Crippen LogP contribution is -2.36. The third-order valence-corrected chi connectivity index (χ3v) is 3.72. The van der Waals surface area contributed by atoms with Gasteiger partial charge in [0.25, 0.3) is 0 Å². The minimum atomic E-state index is -0.119. The van der Waals surface area contributed by atoms with E-state index in [9.17, 15) is 4.79 Å². The fraction of sp³-hybridized carbons (Fsp3) is 0.500. The molecule has 1 aliphatic heterocycles. The van der Waals surface area contributed by atoms with Crippen LogP contribution in [0.25, 0.3) is 0 Å². The van der Waals surface area contributed by atoms with E-state index < -0.39 is 0 Å². The lowest BCUT2D eigenvalue weighted by atomic mass is 9.98. The highest BCUT2D eigenvalue weighted by Gasteiger charge is 2.08. The molecule has 2 rings (SSSR count). The third kappa shape index (κ3) is 5.53. The Bertz CT molecular complexity index is 524. The van der Waals surface area contributed by atoms with Gasteiger partial charge in [0, 0.05) is 13.1 Å². The van der Waals surface area contributed by atoms with E-state index in [-0.39, 0.29) is 6.03 Å². The number of ether oxygens (including phenoxy) is 1. The van der Waals surface area contributed by atoms with E-state index in [1.54, 1.807) is 0 Å². The molecule has 22 heavy (non-hydrogen) atoms. The first kappa shape index (κ1) is 16.6. The highest BCUT2D eigenvalue weighted by Crippen LogP contribution is 2.13. The second-order valence-corrected chi connectivity index (χ2v) is 6.09. The fourth-order valence-corrected chi connectivity index (χ4v) is 2.53. The molecule has 4 nitrogen and oxygen atoms in total. The number of hydrogen-bond acceptors (Lipinski definition) is 2. The molecular formula is C18H26N2O2. The molecule has 1 aliphatic rings. The van der Waals surface area contributed by atoms with E-state index in [4.69, 9.17) is 4.74 Å². The van der Waals surface area contributed by atoms with Gasteiger partial charge in [-0.2, -0.15) is 0 Å². The highest BCUT2D eigenvalue weighted by atomic mass is 16.5. The largest absolute Gasteiger partial charge is 0.377 e. The Morgan fingerprint density at radius 3 is 2.59 bits per heavy atom. The zero-order valence-corrected chi connectivity index (χ0v) is 13.5. The van der Waals surface area contributed by atoms with Crippen molar-refractivity contribution < 1.29 is 9.53 Å². The predicted molar refractivity (Wildman–Crippen MR) is 88.7 cm³/mol. The Labute approximate surface area is 132 Å². The number of amides is 2. The maximum atomic E-state index is 11.9. The van der Waals surface area contributed by atoms with Crippen molar-refractivity contribution in [3.05, 3.63) is 47.0 Å². The van der Waals surface area contributed by atoms with Crippen molar-refractivity contribution in [1.82, 2.24) is 10.6 Å². The molecule has 1 heterocycles. The molecule has 0 saturated carbocycles. The molecule has 0 bridgehead atoms. The van der Waals surface area contributed by atoms with Crippen LogP contribution in [0, 0.1) is 5.92 Å². The topological polar surface area (TPSA) is 50.4 Å². The van der Waals surface area contributed by atoms with E-state index in [1.165, 1.54) is 16.7 Å². The standard InChI is InChI=1S/C18H26N2O2/c1-14(2)11-16-5-3-4-6-17(16)13-20-18(21)19-12-15-7-9-22-10-8-15/h3-7,14H,8-13H2,1-2H3,(H2,19,20,21). The van der Waals surface area contributed by atoms with Crippen molar-refractivity contribution in [2.24, 2.45) is 5.92 Å². The lowest BCUT2D eigenvalue weighted by molar-refractivity contribution is 0.153. The molecule has 0 spiro atoms. The van der Waals surface area contributed by atoms with Gasteiger partial charge in [-0.05, 0) is 29.9 Å². The SMILES string of the molecule is CC(C)Cc1ccccc1CNC(=O)NCC1=CCOCC1. The summed E-state index contributed by atoms with van der Waals surface area (Å²) < 4.78 is 5.25. The van der Waals surface area contributed by atoms with Crippen LogP contribution in [0.2, 0.25) is 0 Å². The highest BCUT2D eigenvalue weighted by molar-refractivity contribution is 5.74. The molecule has 0 fully saturated rings. The zero-order chi connectivity index (χ0) is 15.8. The normalized spacial score (nSPS) is 14.6. The van der Waals surface area contributed by atoms with Crippen molar-refractivity contribution in [3.8, 4) is 0 Å². The van der Waals surface area contributed by atoms with Gasteiger partial charge >= 0.3 is 6.03 Å². The van der Waals surface area contributed by atoms with Gasteiger partial charge in [-0.3, -0.25) is 0 Å². The van der Waals surface area contributed by atoms with E-state index in [1.807, 2.05) is 12.1 Å². The van der Waals surface area contributed by atoms with Crippen molar-refractivity contribution >= 4 is 6.03 Å². The van der Waals surface area contributed by atoms with Gasteiger partial charge in [-0.15, -0.1) is 0 Å². The summed E-state index contributed by atoms with van der Waals surface area (Å²) in [7, 11) is 0. The number of urea groups is 1. The van der Waals surface area contributed by atoms with Crippen LogP contribution in [0.1, 0.15) is 31.4 Å². The summed E-state index contributed by atoms with van der Waals surface area (Å²) in [5.74, 6) is 0.607.